The van der Waals surface area contributed by atoms with Crippen LogP contribution in [0.25, 0.3) is 11.0 Å². The van der Waals surface area contributed by atoms with Crippen LogP contribution in [0, 0.1) is 11.8 Å². The van der Waals surface area contributed by atoms with E-state index in [1.807, 2.05) is 16.5 Å². The minimum Gasteiger partial charge on any atom is -0.495 e. The maximum atomic E-state index is 13.8. The average molecular weight is 515 g/mol. The summed E-state index contributed by atoms with van der Waals surface area (Å²) in [7, 11) is 1.57. The number of pyridine rings is 2. The van der Waals surface area contributed by atoms with Crippen molar-refractivity contribution in [1.29, 1.82) is 0 Å². The minimum absolute atomic E-state index is 0.0333. The van der Waals surface area contributed by atoms with E-state index in [4.69, 9.17) is 4.74 Å². The maximum Gasteiger partial charge on any atom is 0.418 e. The molecule has 4 aromatic rings. The number of aliphatic hydroxyl groups excluding tert-OH is 2. The molecular weight excluding hydrogens is 485 g/mol. The Bertz CT molecular complexity index is 1440. The predicted molar refractivity (Wildman–Crippen MR) is 129 cm³/mol. The third kappa shape index (κ3) is 4.16. The summed E-state index contributed by atoms with van der Waals surface area (Å²) in [5, 5.41) is 22.3. The van der Waals surface area contributed by atoms with Gasteiger partial charge < -0.3 is 14.9 Å². The molecule has 2 saturated carbocycles. The lowest BCUT2D eigenvalue weighted by molar-refractivity contribution is -0.139. The van der Waals surface area contributed by atoms with Gasteiger partial charge in [0, 0.05) is 5.92 Å². The van der Waals surface area contributed by atoms with Crippen LogP contribution in [0.3, 0.4) is 0 Å². The molecule has 0 aliphatic heterocycles. The zero-order valence-corrected chi connectivity index (χ0v) is 20.4. The third-order valence-electron chi connectivity index (χ3n) is 8.06. The van der Waals surface area contributed by atoms with Crippen LogP contribution in [-0.2, 0) is 6.18 Å². The quantitative estimate of drug-likeness (QED) is 0.357. The van der Waals surface area contributed by atoms with Crippen LogP contribution in [0.1, 0.15) is 79.3 Å². The standard InChI is InChI=1S/C27H29F3N4O3/c1-37-21-10-7-18-12-31-13-33(18)24(21)26(36)17-4-2-3-16(11-17)22-20-9-8-19(27(28,29)30)23(34(20)14-32-22)25(35)15-5-6-15/h7-10,12-17,25-26,35-36H,2-6,11H2,1H3. The second-order valence-corrected chi connectivity index (χ2v) is 10.3. The monoisotopic (exact) mass is 514 g/mol. The fourth-order valence-electron chi connectivity index (χ4n) is 6.04. The second kappa shape index (κ2) is 9.02. The molecule has 10 heteroatoms. The van der Waals surface area contributed by atoms with Crippen LogP contribution in [0.4, 0.5) is 13.2 Å². The number of fused-ring (bicyclic) bond motifs is 2. The molecule has 7 nitrogen and oxygen atoms in total. The Morgan fingerprint density at radius 1 is 0.946 bits per heavy atom. The van der Waals surface area contributed by atoms with Gasteiger partial charge in [-0.3, -0.25) is 8.80 Å². The number of imidazole rings is 2. The Balaban J connectivity index is 1.35. The van der Waals surface area contributed by atoms with Gasteiger partial charge in [0.1, 0.15) is 11.9 Å². The zero-order valence-electron chi connectivity index (χ0n) is 20.4. The van der Waals surface area contributed by atoms with Crippen LogP contribution in [0.15, 0.2) is 43.1 Å². The molecule has 0 aromatic carbocycles. The molecule has 6 rings (SSSR count). The summed E-state index contributed by atoms with van der Waals surface area (Å²) in [5.41, 5.74) is 1.84. The number of methoxy groups -OCH3 is 1. The molecule has 4 unspecified atom stereocenters. The average Bonchev–Trinajstić information content (AvgIpc) is 3.47. The smallest absolute Gasteiger partial charge is 0.418 e. The van der Waals surface area contributed by atoms with Crippen molar-refractivity contribution < 1.29 is 28.1 Å². The van der Waals surface area contributed by atoms with E-state index in [0.29, 0.717) is 41.9 Å². The van der Waals surface area contributed by atoms with Gasteiger partial charge in [0.05, 0.1) is 65.7 Å². The first kappa shape index (κ1) is 24.2. The van der Waals surface area contributed by atoms with Crippen LogP contribution < -0.4 is 4.74 Å². The van der Waals surface area contributed by atoms with Crippen LogP contribution >= 0.6 is 0 Å². The number of aromatic nitrogens is 4. The first-order valence-electron chi connectivity index (χ1n) is 12.7. The van der Waals surface area contributed by atoms with E-state index >= 15 is 0 Å². The van der Waals surface area contributed by atoms with E-state index in [0.717, 1.165) is 30.8 Å². The molecule has 0 radical (unpaired) electrons. The van der Waals surface area contributed by atoms with Gasteiger partial charge >= 0.3 is 6.18 Å². The summed E-state index contributed by atoms with van der Waals surface area (Å²) in [4.78, 5) is 8.77. The summed E-state index contributed by atoms with van der Waals surface area (Å²) < 4.78 is 50.3. The highest BCUT2D eigenvalue weighted by Crippen LogP contribution is 2.47. The summed E-state index contributed by atoms with van der Waals surface area (Å²) in [5.74, 6) is 0.288. The fourth-order valence-corrected chi connectivity index (χ4v) is 6.04. The van der Waals surface area contributed by atoms with Crippen molar-refractivity contribution in [3.05, 3.63) is 65.8 Å². The molecule has 4 heterocycles. The topological polar surface area (TPSA) is 84.3 Å². The van der Waals surface area contributed by atoms with Crippen molar-refractivity contribution in [2.75, 3.05) is 7.11 Å². The van der Waals surface area contributed by atoms with E-state index in [9.17, 15) is 23.4 Å². The molecule has 0 saturated heterocycles. The number of rotatable bonds is 6. The summed E-state index contributed by atoms with van der Waals surface area (Å²) in [6.45, 7) is 0. The van der Waals surface area contributed by atoms with Crippen molar-refractivity contribution >= 4 is 11.0 Å². The second-order valence-electron chi connectivity index (χ2n) is 10.3. The normalized spacial score (nSPS) is 22.4. The van der Waals surface area contributed by atoms with Crippen LogP contribution in [0.5, 0.6) is 5.75 Å². The Morgan fingerprint density at radius 2 is 1.73 bits per heavy atom. The highest BCUT2D eigenvalue weighted by atomic mass is 19.4. The van der Waals surface area contributed by atoms with Crippen molar-refractivity contribution in [3.8, 4) is 5.75 Å². The van der Waals surface area contributed by atoms with E-state index < -0.39 is 23.9 Å². The predicted octanol–water partition coefficient (Wildman–Crippen LogP) is 5.46. The van der Waals surface area contributed by atoms with Gasteiger partial charge in [0.25, 0.3) is 0 Å². The lowest BCUT2D eigenvalue weighted by Gasteiger charge is -2.32. The number of ether oxygens (including phenoxy) is 1. The maximum absolute atomic E-state index is 13.8. The van der Waals surface area contributed by atoms with Crippen molar-refractivity contribution in [2.45, 2.75) is 62.8 Å². The van der Waals surface area contributed by atoms with Gasteiger partial charge in [0.15, 0.2) is 0 Å². The lowest BCUT2D eigenvalue weighted by Crippen LogP contribution is -2.23. The van der Waals surface area contributed by atoms with Gasteiger partial charge in [-0.25, -0.2) is 9.97 Å². The first-order chi connectivity index (χ1) is 17.8. The van der Waals surface area contributed by atoms with Crippen molar-refractivity contribution in [3.63, 3.8) is 0 Å². The number of halogens is 3. The van der Waals surface area contributed by atoms with Gasteiger partial charge in [0.2, 0.25) is 0 Å². The van der Waals surface area contributed by atoms with E-state index in [2.05, 4.69) is 9.97 Å². The van der Waals surface area contributed by atoms with E-state index in [1.165, 1.54) is 16.8 Å². The SMILES string of the molecule is COc1ccc2cncn2c1C(O)C1CCCC(c2ncn3c(C(O)C4CC4)c(C(F)(F)F)ccc23)C1. The molecule has 196 valence electrons. The fraction of sp³-hybridized carbons (Fsp3) is 0.481. The molecule has 2 fully saturated rings. The number of hydrogen-bond donors (Lipinski definition) is 2. The molecule has 4 atom stereocenters. The number of hydrogen-bond acceptors (Lipinski definition) is 5. The number of nitrogens with zero attached hydrogens (tertiary/aromatic N) is 4. The Hall–Kier alpha value is -3.11. The number of aliphatic hydroxyl groups is 2. The zero-order chi connectivity index (χ0) is 25.9. The van der Waals surface area contributed by atoms with E-state index in [-0.39, 0.29) is 23.4 Å². The van der Waals surface area contributed by atoms with Gasteiger partial charge in [-0.2, -0.15) is 13.2 Å². The first-order valence-corrected chi connectivity index (χ1v) is 12.7. The molecule has 2 N–H and O–H groups in total. The molecule has 2 aliphatic rings. The molecule has 0 spiro atoms. The minimum atomic E-state index is -4.57. The largest absolute Gasteiger partial charge is 0.495 e. The Morgan fingerprint density at radius 3 is 2.46 bits per heavy atom. The Kier molecular flexibility index (Phi) is 5.91. The van der Waals surface area contributed by atoms with Gasteiger partial charge in [-0.05, 0) is 68.2 Å². The van der Waals surface area contributed by atoms with Crippen molar-refractivity contribution in [1.82, 2.24) is 18.8 Å². The van der Waals surface area contributed by atoms with Crippen LogP contribution in [-0.4, -0.2) is 36.1 Å². The third-order valence-corrected chi connectivity index (χ3v) is 8.06. The van der Waals surface area contributed by atoms with Crippen molar-refractivity contribution in [2.24, 2.45) is 11.8 Å². The van der Waals surface area contributed by atoms with Crippen LogP contribution in [0.2, 0.25) is 0 Å². The van der Waals surface area contributed by atoms with E-state index in [1.54, 1.807) is 19.6 Å². The summed E-state index contributed by atoms with van der Waals surface area (Å²) in [6.07, 6.45) is 2.76. The molecule has 4 aromatic heterocycles. The highest BCUT2D eigenvalue weighted by Gasteiger charge is 2.41. The number of alkyl halides is 3. The highest BCUT2D eigenvalue weighted by molar-refractivity contribution is 5.57. The summed E-state index contributed by atoms with van der Waals surface area (Å²) in [6, 6.07) is 6.24. The molecular formula is C27H29F3N4O3. The molecule has 2 aliphatic carbocycles. The van der Waals surface area contributed by atoms with Gasteiger partial charge in [-0.15, -0.1) is 0 Å². The molecule has 0 bridgehead atoms. The lowest BCUT2D eigenvalue weighted by atomic mass is 9.76. The molecule has 0 amide bonds. The van der Waals surface area contributed by atoms with Gasteiger partial charge in [-0.1, -0.05) is 6.42 Å². The Labute approximate surface area is 211 Å². The molecule has 37 heavy (non-hydrogen) atoms. The summed E-state index contributed by atoms with van der Waals surface area (Å²) >= 11 is 0.